The van der Waals surface area contributed by atoms with Crippen LogP contribution >= 0.6 is 11.8 Å². The predicted octanol–water partition coefficient (Wildman–Crippen LogP) is 3.79. The zero-order valence-corrected chi connectivity index (χ0v) is 10.7. The minimum Gasteiger partial charge on any atom is -0.325 e. The Morgan fingerprint density at radius 1 is 1.00 bits per heavy atom. The van der Waals surface area contributed by atoms with Crippen LogP contribution < -0.4 is 5.32 Å². The third kappa shape index (κ3) is 2.14. The van der Waals surface area contributed by atoms with Gasteiger partial charge in [0.1, 0.15) is 0 Å². The molecule has 1 amide bonds. The molecule has 0 saturated heterocycles. The zero-order valence-electron chi connectivity index (χ0n) is 9.85. The van der Waals surface area contributed by atoms with E-state index in [0.29, 0.717) is 6.42 Å². The summed E-state index contributed by atoms with van der Waals surface area (Å²) in [6, 6.07) is 16.4. The Hall–Kier alpha value is -1.74. The molecule has 0 saturated carbocycles. The van der Waals surface area contributed by atoms with Crippen molar-refractivity contribution in [3.8, 4) is 11.1 Å². The SMILES string of the molecule is O=C1CCSc2c(cccc2-c2ccccc2)N1. The van der Waals surface area contributed by atoms with Gasteiger partial charge in [0.05, 0.1) is 5.69 Å². The fourth-order valence-electron chi connectivity index (χ4n) is 2.09. The lowest BCUT2D eigenvalue weighted by Gasteiger charge is -2.11. The van der Waals surface area contributed by atoms with E-state index in [9.17, 15) is 4.79 Å². The molecule has 3 heteroatoms. The number of hydrogen-bond acceptors (Lipinski definition) is 2. The number of carbonyl (C=O) groups excluding carboxylic acids is 1. The predicted molar refractivity (Wildman–Crippen MR) is 75.8 cm³/mol. The number of hydrogen-bond donors (Lipinski definition) is 1. The summed E-state index contributed by atoms with van der Waals surface area (Å²) in [5.41, 5.74) is 3.32. The summed E-state index contributed by atoms with van der Waals surface area (Å²) in [5.74, 6) is 0.939. The first-order valence-electron chi connectivity index (χ1n) is 5.96. The zero-order chi connectivity index (χ0) is 12.4. The number of anilines is 1. The minimum absolute atomic E-state index is 0.103. The topological polar surface area (TPSA) is 29.1 Å². The highest BCUT2D eigenvalue weighted by Crippen LogP contribution is 2.38. The summed E-state index contributed by atoms with van der Waals surface area (Å²) in [4.78, 5) is 12.7. The van der Waals surface area contributed by atoms with Crippen molar-refractivity contribution in [3.05, 3.63) is 48.5 Å². The minimum atomic E-state index is 0.103. The van der Waals surface area contributed by atoms with Crippen molar-refractivity contribution in [2.75, 3.05) is 11.1 Å². The Morgan fingerprint density at radius 2 is 1.83 bits per heavy atom. The fraction of sp³-hybridized carbons (Fsp3) is 0.133. The Morgan fingerprint density at radius 3 is 2.67 bits per heavy atom. The van der Waals surface area contributed by atoms with E-state index in [0.717, 1.165) is 11.4 Å². The van der Waals surface area contributed by atoms with Gasteiger partial charge in [0.15, 0.2) is 0 Å². The van der Waals surface area contributed by atoms with Gasteiger partial charge in [0.2, 0.25) is 5.91 Å². The Kier molecular flexibility index (Phi) is 3.07. The molecular weight excluding hydrogens is 242 g/mol. The summed E-state index contributed by atoms with van der Waals surface area (Å²) in [7, 11) is 0. The second-order valence-electron chi connectivity index (χ2n) is 4.19. The maximum Gasteiger partial charge on any atom is 0.225 e. The number of amides is 1. The Bertz CT molecular complexity index is 580. The first-order chi connectivity index (χ1) is 8.84. The molecule has 2 aromatic carbocycles. The number of nitrogens with one attached hydrogen (secondary N) is 1. The van der Waals surface area contributed by atoms with Gasteiger partial charge >= 0.3 is 0 Å². The molecule has 1 heterocycles. The highest BCUT2D eigenvalue weighted by Gasteiger charge is 2.16. The Labute approximate surface area is 110 Å². The van der Waals surface area contributed by atoms with Gasteiger partial charge < -0.3 is 5.32 Å². The smallest absolute Gasteiger partial charge is 0.225 e. The average molecular weight is 255 g/mol. The maximum atomic E-state index is 11.6. The molecule has 0 aromatic heterocycles. The van der Waals surface area contributed by atoms with E-state index in [1.807, 2.05) is 30.3 Å². The van der Waals surface area contributed by atoms with Crippen LogP contribution in [0.3, 0.4) is 0 Å². The molecule has 1 N–H and O–H groups in total. The molecule has 3 rings (SSSR count). The first-order valence-corrected chi connectivity index (χ1v) is 6.94. The molecule has 0 spiro atoms. The number of thioether (sulfide) groups is 1. The quantitative estimate of drug-likeness (QED) is 0.840. The van der Waals surface area contributed by atoms with Crippen LogP contribution in [0.4, 0.5) is 5.69 Å². The van der Waals surface area contributed by atoms with E-state index in [2.05, 4.69) is 23.5 Å². The van der Waals surface area contributed by atoms with Gasteiger partial charge in [-0.25, -0.2) is 0 Å². The van der Waals surface area contributed by atoms with Crippen molar-refractivity contribution in [2.45, 2.75) is 11.3 Å². The van der Waals surface area contributed by atoms with Crippen LogP contribution in [0.2, 0.25) is 0 Å². The third-order valence-corrected chi connectivity index (χ3v) is 4.09. The lowest BCUT2D eigenvalue weighted by atomic mass is 10.1. The van der Waals surface area contributed by atoms with E-state index in [1.54, 1.807) is 11.8 Å². The van der Waals surface area contributed by atoms with Crippen molar-refractivity contribution < 1.29 is 4.79 Å². The molecule has 18 heavy (non-hydrogen) atoms. The molecule has 0 radical (unpaired) electrons. The summed E-state index contributed by atoms with van der Waals surface area (Å²) in [6.45, 7) is 0. The van der Waals surface area contributed by atoms with Gasteiger partial charge in [-0.1, -0.05) is 42.5 Å². The molecular formula is C15H13NOS. The number of carbonyl (C=O) groups is 1. The van der Waals surface area contributed by atoms with Crippen molar-refractivity contribution in [3.63, 3.8) is 0 Å². The molecule has 0 atom stereocenters. The van der Waals surface area contributed by atoms with Crippen LogP contribution in [0.1, 0.15) is 6.42 Å². The second kappa shape index (κ2) is 4.86. The number of rotatable bonds is 1. The third-order valence-electron chi connectivity index (χ3n) is 2.95. The van der Waals surface area contributed by atoms with Crippen LogP contribution in [0.25, 0.3) is 11.1 Å². The summed E-state index contributed by atoms with van der Waals surface area (Å²) in [5, 5.41) is 2.97. The van der Waals surface area contributed by atoms with Gasteiger partial charge in [0, 0.05) is 17.1 Å². The van der Waals surface area contributed by atoms with E-state index in [1.165, 1.54) is 16.0 Å². The van der Waals surface area contributed by atoms with E-state index in [4.69, 9.17) is 0 Å². The van der Waals surface area contributed by atoms with Gasteiger partial charge in [0.25, 0.3) is 0 Å². The molecule has 90 valence electrons. The monoisotopic (exact) mass is 255 g/mol. The van der Waals surface area contributed by atoms with Gasteiger partial charge in [-0.3, -0.25) is 4.79 Å². The van der Waals surface area contributed by atoms with Crippen LogP contribution in [0, 0.1) is 0 Å². The average Bonchev–Trinajstić information content (AvgIpc) is 2.60. The lowest BCUT2D eigenvalue weighted by Crippen LogP contribution is -2.10. The maximum absolute atomic E-state index is 11.6. The normalized spacial score (nSPS) is 14.6. The Balaban J connectivity index is 2.12. The molecule has 2 aromatic rings. The van der Waals surface area contributed by atoms with Gasteiger partial charge in [-0.15, -0.1) is 11.8 Å². The number of benzene rings is 2. The van der Waals surface area contributed by atoms with E-state index >= 15 is 0 Å². The van der Waals surface area contributed by atoms with Crippen LogP contribution in [0.15, 0.2) is 53.4 Å². The van der Waals surface area contributed by atoms with E-state index < -0.39 is 0 Å². The van der Waals surface area contributed by atoms with Crippen molar-refractivity contribution in [2.24, 2.45) is 0 Å². The van der Waals surface area contributed by atoms with Crippen LogP contribution in [-0.2, 0) is 4.79 Å². The summed E-state index contributed by atoms with van der Waals surface area (Å²) in [6.07, 6.45) is 0.577. The summed E-state index contributed by atoms with van der Waals surface area (Å²) < 4.78 is 0. The van der Waals surface area contributed by atoms with Crippen molar-refractivity contribution >= 4 is 23.4 Å². The fourth-order valence-corrected chi connectivity index (χ4v) is 3.20. The second-order valence-corrected chi connectivity index (χ2v) is 5.30. The molecule has 0 fully saturated rings. The highest BCUT2D eigenvalue weighted by atomic mass is 32.2. The highest BCUT2D eigenvalue weighted by molar-refractivity contribution is 7.99. The summed E-state index contributed by atoms with van der Waals surface area (Å²) >= 11 is 1.75. The molecule has 0 unspecified atom stereocenters. The largest absolute Gasteiger partial charge is 0.325 e. The van der Waals surface area contributed by atoms with E-state index in [-0.39, 0.29) is 5.91 Å². The van der Waals surface area contributed by atoms with Crippen LogP contribution in [-0.4, -0.2) is 11.7 Å². The van der Waals surface area contributed by atoms with Crippen molar-refractivity contribution in [1.29, 1.82) is 0 Å². The van der Waals surface area contributed by atoms with Gasteiger partial charge in [-0.05, 0) is 17.2 Å². The molecule has 1 aliphatic heterocycles. The lowest BCUT2D eigenvalue weighted by molar-refractivity contribution is -0.115. The van der Waals surface area contributed by atoms with Crippen molar-refractivity contribution in [1.82, 2.24) is 0 Å². The first kappa shape index (κ1) is 11.4. The van der Waals surface area contributed by atoms with Crippen LogP contribution in [0.5, 0.6) is 0 Å². The standard InChI is InChI=1S/C15H13NOS/c17-14-9-10-18-15-12(7-4-8-13(15)16-14)11-5-2-1-3-6-11/h1-8H,9-10H2,(H,16,17). The number of fused-ring (bicyclic) bond motifs is 1. The molecule has 0 bridgehead atoms. The molecule has 1 aliphatic rings. The molecule has 0 aliphatic carbocycles. The van der Waals surface area contributed by atoms with Gasteiger partial charge in [-0.2, -0.15) is 0 Å². The molecule has 2 nitrogen and oxygen atoms in total.